The second-order valence-corrected chi connectivity index (χ2v) is 7.78. The SMILES string of the molecule is CC1CCCC(C2CCC(c3cc(F)c(F)c(F)c3)CC2)CC1. The van der Waals surface area contributed by atoms with Crippen molar-refractivity contribution in [3.8, 4) is 0 Å². The Kier molecular flexibility index (Phi) is 5.33. The van der Waals surface area contributed by atoms with E-state index in [1.807, 2.05) is 0 Å². The number of halogens is 3. The van der Waals surface area contributed by atoms with E-state index in [1.54, 1.807) is 0 Å². The fourth-order valence-electron chi connectivity index (χ4n) is 4.72. The Balaban J connectivity index is 1.60. The average molecular weight is 324 g/mol. The van der Waals surface area contributed by atoms with Crippen molar-refractivity contribution in [2.45, 2.75) is 70.6 Å². The topological polar surface area (TPSA) is 0 Å². The van der Waals surface area contributed by atoms with Crippen LogP contribution in [-0.2, 0) is 0 Å². The largest absolute Gasteiger partial charge is 0.204 e. The van der Waals surface area contributed by atoms with Crippen molar-refractivity contribution in [1.29, 1.82) is 0 Å². The summed E-state index contributed by atoms with van der Waals surface area (Å²) in [6.45, 7) is 2.36. The van der Waals surface area contributed by atoms with Gasteiger partial charge in [0.25, 0.3) is 0 Å². The van der Waals surface area contributed by atoms with Gasteiger partial charge < -0.3 is 0 Å². The molecule has 0 saturated heterocycles. The Hall–Kier alpha value is -0.990. The monoisotopic (exact) mass is 324 g/mol. The maximum atomic E-state index is 13.4. The van der Waals surface area contributed by atoms with Crippen LogP contribution in [0.5, 0.6) is 0 Å². The molecule has 0 bridgehead atoms. The standard InChI is InChI=1S/C20H27F3/c1-13-3-2-4-14(6-5-13)15-7-9-16(10-8-15)17-11-18(21)20(23)19(22)12-17/h11-16H,2-10H2,1H3. The molecule has 23 heavy (non-hydrogen) atoms. The molecule has 3 heteroatoms. The minimum atomic E-state index is -1.35. The molecule has 0 aliphatic heterocycles. The predicted molar refractivity (Wildman–Crippen MR) is 86.8 cm³/mol. The van der Waals surface area contributed by atoms with E-state index in [0.29, 0.717) is 5.56 Å². The summed E-state index contributed by atoms with van der Waals surface area (Å²) in [7, 11) is 0. The Morgan fingerprint density at radius 3 is 1.96 bits per heavy atom. The summed E-state index contributed by atoms with van der Waals surface area (Å²) in [5, 5.41) is 0. The highest BCUT2D eigenvalue weighted by Crippen LogP contribution is 2.43. The van der Waals surface area contributed by atoms with Crippen LogP contribution in [-0.4, -0.2) is 0 Å². The van der Waals surface area contributed by atoms with Gasteiger partial charge >= 0.3 is 0 Å². The first-order valence-electron chi connectivity index (χ1n) is 9.19. The van der Waals surface area contributed by atoms with E-state index in [9.17, 15) is 13.2 Å². The molecule has 2 aliphatic carbocycles. The van der Waals surface area contributed by atoms with E-state index >= 15 is 0 Å². The van der Waals surface area contributed by atoms with Crippen LogP contribution < -0.4 is 0 Å². The van der Waals surface area contributed by atoms with Crippen molar-refractivity contribution in [2.24, 2.45) is 17.8 Å². The Labute approximate surface area is 137 Å². The molecule has 2 atom stereocenters. The van der Waals surface area contributed by atoms with Crippen LogP contribution in [0.3, 0.4) is 0 Å². The summed E-state index contributed by atoms with van der Waals surface area (Å²) < 4.78 is 40.0. The Bertz CT molecular complexity index is 509. The lowest BCUT2D eigenvalue weighted by atomic mass is 9.72. The van der Waals surface area contributed by atoms with E-state index in [0.717, 1.165) is 43.4 Å². The minimum Gasteiger partial charge on any atom is -0.204 e. The molecule has 0 radical (unpaired) electrons. The van der Waals surface area contributed by atoms with Crippen molar-refractivity contribution in [3.05, 3.63) is 35.1 Å². The molecule has 0 amide bonds. The summed E-state index contributed by atoms with van der Waals surface area (Å²) in [6, 6.07) is 2.38. The summed E-state index contributed by atoms with van der Waals surface area (Å²) in [6.07, 6.45) is 11.0. The molecule has 2 fully saturated rings. The third-order valence-electron chi connectivity index (χ3n) is 6.22. The van der Waals surface area contributed by atoms with Crippen LogP contribution in [0.4, 0.5) is 13.2 Å². The van der Waals surface area contributed by atoms with Gasteiger partial charge in [0.05, 0.1) is 0 Å². The first kappa shape index (κ1) is 16.9. The summed E-state index contributed by atoms with van der Waals surface area (Å²) in [4.78, 5) is 0. The van der Waals surface area contributed by atoms with E-state index < -0.39 is 17.5 Å². The van der Waals surface area contributed by atoms with Gasteiger partial charge in [0.2, 0.25) is 0 Å². The molecule has 0 spiro atoms. The zero-order valence-corrected chi connectivity index (χ0v) is 14.0. The maximum Gasteiger partial charge on any atom is 0.194 e. The predicted octanol–water partition coefficient (Wildman–Crippen LogP) is 6.59. The lowest BCUT2D eigenvalue weighted by Crippen LogP contribution is -2.21. The molecule has 2 saturated carbocycles. The van der Waals surface area contributed by atoms with Crippen molar-refractivity contribution in [2.75, 3.05) is 0 Å². The molecule has 0 aromatic heterocycles. The molecule has 2 unspecified atom stereocenters. The summed E-state index contributed by atoms with van der Waals surface area (Å²) in [5.74, 6) is -0.814. The maximum absolute atomic E-state index is 13.4. The van der Waals surface area contributed by atoms with E-state index in [2.05, 4.69) is 6.92 Å². The van der Waals surface area contributed by atoms with Gasteiger partial charge in [-0.1, -0.05) is 32.6 Å². The molecule has 2 aliphatic rings. The van der Waals surface area contributed by atoms with Crippen molar-refractivity contribution in [3.63, 3.8) is 0 Å². The fourth-order valence-corrected chi connectivity index (χ4v) is 4.72. The van der Waals surface area contributed by atoms with Crippen LogP contribution >= 0.6 is 0 Å². The molecule has 3 rings (SSSR count). The van der Waals surface area contributed by atoms with Crippen molar-refractivity contribution < 1.29 is 13.2 Å². The lowest BCUT2D eigenvalue weighted by Gasteiger charge is -2.34. The molecular formula is C20H27F3. The molecule has 1 aromatic rings. The number of rotatable bonds is 2. The third-order valence-corrected chi connectivity index (χ3v) is 6.22. The smallest absolute Gasteiger partial charge is 0.194 e. The molecule has 0 heterocycles. The van der Waals surface area contributed by atoms with Gasteiger partial charge in [0.15, 0.2) is 17.5 Å². The van der Waals surface area contributed by atoms with Gasteiger partial charge in [-0.25, -0.2) is 13.2 Å². The highest BCUT2D eigenvalue weighted by molar-refractivity contribution is 5.23. The molecular weight excluding hydrogens is 297 g/mol. The van der Waals surface area contributed by atoms with Gasteiger partial charge in [-0.3, -0.25) is 0 Å². The van der Waals surface area contributed by atoms with Crippen LogP contribution in [0.1, 0.15) is 76.2 Å². The molecule has 1 aromatic carbocycles. The Morgan fingerprint density at radius 2 is 1.30 bits per heavy atom. The minimum absolute atomic E-state index is 0.181. The second kappa shape index (κ2) is 7.27. The molecule has 0 N–H and O–H groups in total. The van der Waals surface area contributed by atoms with E-state index in [-0.39, 0.29) is 5.92 Å². The van der Waals surface area contributed by atoms with Gasteiger partial charge in [0.1, 0.15) is 0 Å². The van der Waals surface area contributed by atoms with Crippen molar-refractivity contribution >= 4 is 0 Å². The lowest BCUT2D eigenvalue weighted by molar-refractivity contribution is 0.211. The van der Waals surface area contributed by atoms with E-state index in [4.69, 9.17) is 0 Å². The van der Waals surface area contributed by atoms with Crippen LogP contribution in [0, 0.1) is 35.2 Å². The second-order valence-electron chi connectivity index (χ2n) is 7.78. The van der Waals surface area contributed by atoms with Crippen LogP contribution in [0.2, 0.25) is 0 Å². The summed E-state index contributed by atoms with van der Waals surface area (Å²) in [5.41, 5.74) is 0.634. The normalized spacial score (nSPS) is 32.5. The number of benzene rings is 1. The highest BCUT2D eigenvalue weighted by Gasteiger charge is 2.30. The van der Waals surface area contributed by atoms with Gasteiger partial charge in [-0.05, 0) is 73.5 Å². The molecule has 0 nitrogen and oxygen atoms in total. The first-order valence-corrected chi connectivity index (χ1v) is 9.19. The van der Waals surface area contributed by atoms with Gasteiger partial charge in [-0.2, -0.15) is 0 Å². The first-order chi connectivity index (χ1) is 11.0. The highest BCUT2D eigenvalue weighted by atomic mass is 19.2. The van der Waals surface area contributed by atoms with Gasteiger partial charge in [0, 0.05) is 0 Å². The van der Waals surface area contributed by atoms with Gasteiger partial charge in [-0.15, -0.1) is 0 Å². The fraction of sp³-hybridized carbons (Fsp3) is 0.700. The van der Waals surface area contributed by atoms with E-state index in [1.165, 1.54) is 44.2 Å². The average Bonchev–Trinajstić information content (AvgIpc) is 2.77. The summed E-state index contributed by atoms with van der Waals surface area (Å²) >= 11 is 0. The Morgan fingerprint density at radius 1 is 0.739 bits per heavy atom. The zero-order chi connectivity index (χ0) is 16.4. The third kappa shape index (κ3) is 3.92. The molecule has 128 valence electrons. The number of hydrogen-bond donors (Lipinski definition) is 0. The van der Waals surface area contributed by atoms with Crippen LogP contribution in [0.15, 0.2) is 12.1 Å². The van der Waals surface area contributed by atoms with Crippen molar-refractivity contribution in [1.82, 2.24) is 0 Å². The number of hydrogen-bond acceptors (Lipinski definition) is 0. The van der Waals surface area contributed by atoms with Crippen LogP contribution in [0.25, 0.3) is 0 Å². The zero-order valence-electron chi connectivity index (χ0n) is 14.0. The quantitative estimate of drug-likeness (QED) is 0.425.